The summed E-state index contributed by atoms with van der Waals surface area (Å²) in [6, 6.07) is 18.7. The van der Waals surface area contributed by atoms with Crippen molar-refractivity contribution >= 4 is 24.9 Å². The number of nitrogens with one attached hydrogen (secondary N) is 1. The maximum Gasteiger partial charge on any atom is 0.406 e. The van der Waals surface area contributed by atoms with Crippen LogP contribution in [0.3, 0.4) is 0 Å². The van der Waals surface area contributed by atoms with Crippen LogP contribution < -0.4 is 15.6 Å². The molecule has 4 aromatic rings. The Kier molecular flexibility index (Phi) is 9.47. The number of hydrogen-bond acceptors (Lipinski definition) is 11. The molecule has 0 bridgehead atoms. The summed E-state index contributed by atoms with van der Waals surface area (Å²) >= 11 is 0. The Morgan fingerprint density at radius 3 is 2.61 bits per heavy atom. The average Bonchev–Trinajstić information content (AvgIpc) is 3.54. The SMILES string of the molecule is CCOc1nc(N)nc2c1ncn2[C@@H]1O[C@H](COP(=O)(NCc2ccccc2)OC(C)c2ccccc2)[C@@H](O)[C@@]1(C)N=[N+]=[N-]. The molecular weight excluding hydrogens is 589 g/mol. The molecule has 2 unspecified atom stereocenters. The predicted octanol–water partition coefficient (Wildman–Crippen LogP) is 4.83. The number of imidazole rings is 1. The Bertz CT molecular complexity index is 1670. The molecule has 5 rings (SSSR count). The molecule has 4 N–H and O–H groups in total. The van der Waals surface area contributed by atoms with E-state index in [1.54, 1.807) is 13.8 Å². The first kappa shape index (κ1) is 31.4. The second-order valence-electron chi connectivity index (χ2n) is 10.3. The van der Waals surface area contributed by atoms with Crippen molar-refractivity contribution in [2.24, 2.45) is 5.11 Å². The van der Waals surface area contributed by atoms with Crippen LogP contribution in [0.4, 0.5) is 5.95 Å². The largest absolute Gasteiger partial charge is 0.476 e. The molecule has 232 valence electrons. The van der Waals surface area contributed by atoms with E-state index in [0.717, 1.165) is 11.1 Å². The van der Waals surface area contributed by atoms with Gasteiger partial charge in [0.25, 0.3) is 0 Å². The third kappa shape index (κ3) is 6.54. The summed E-state index contributed by atoms with van der Waals surface area (Å²) in [5.41, 5.74) is 16.0. The zero-order valence-corrected chi connectivity index (χ0v) is 25.3. The quantitative estimate of drug-likeness (QED) is 0.0796. The minimum Gasteiger partial charge on any atom is -0.476 e. The highest BCUT2D eigenvalue weighted by Gasteiger charge is 2.55. The Morgan fingerprint density at radius 2 is 1.93 bits per heavy atom. The number of nitrogens with zero attached hydrogens (tertiary/aromatic N) is 7. The van der Waals surface area contributed by atoms with Crippen LogP contribution >= 0.6 is 7.75 Å². The Hall–Kier alpha value is -4.07. The predicted molar refractivity (Wildman–Crippen MR) is 161 cm³/mol. The van der Waals surface area contributed by atoms with Gasteiger partial charge in [0.05, 0.1) is 31.7 Å². The van der Waals surface area contributed by atoms with E-state index in [2.05, 4.69) is 30.1 Å². The number of hydrogen-bond donors (Lipinski definition) is 3. The third-order valence-corrected chi connectivity index (χ3v) is 8.88. The van der Waals surface area contributed by atoms with Gasteiger partial charge >= 0.3 is 7.75 Å². The van der Waals surface area contributed by atoms with Crippen molar-refractivity contribution in [2.75, 3.05) is 18.9 Å². The zero-order valence-electron chi connectivity index (χ0n) is 24.4. The molecule has 1 aliphatic rings. The lowest BCUT2D eigenvalue weighted by molar-refractivity contribution is -0.0443. The topological polar surface area (TPSA) is 205 Å². The fourth-order valence-electron chi connectivity index (χ4n) is 4.96. The zero-order chi connectivity index (χ0) is 31.3. The lowest BCUT2D eigenvalue weighted by Crippen LogP contribution is -2.42. The van der Waals surface area contributed by atoms with E-state index in [-0.39, 0.29) is 30.6 Å². The molecule has 15 nitrogen and oxygen atoms in total. The number of benzene rings is 2. The van der Waals surface area contributed by atoms with Crippen molar-refractivity contribution in [1.29, 1.82) is 0 Å². The van der Waals surface area contributed by atoms with Crippen LogP contribution in [-0.2, 0) is 24.9 Å². The van der Waals surface area contributed by atoms with Crippen LogP contribution in [-0.4, -0.2) is 55.6 Å². The molecule has 1 aliphatic heterocycles. The molecular formula is C28H34N9O6P. The van der Waals surface area contributed by atoms with Crippen molar-refractivity contribution in [1.82, 2.24) is 24.6 Å². The Morgan fingerprint density at radius 1 is 1.23 bits per heavy atom. The van der Waals surface area contributed by atoms with E-state index in [1.807, 2.05) is 60.7 Å². The van der Waals surface area contributed by atoms with Crippen LogP contribution in [0, 0.1) is 0 Å². The van der Waals surface area contributed by atoms with E-state index in [4.69, 9.17) is 24.3 Å². The lowest BCUT2D eigenvalue weighted by atomic mass is 9.93. The molecule has 1 saturated heterocycles. The summed E-state index contributed by atoms with van der Waals surface area (Å²) in [7, 11) is -4.00. The van der Waals surface area contributed by atoms with Gasteiger partial charge in [-0.3, -0.25) is 13.6 Å². The van der Waals surface area contributed by atoms with Gasteiger partial charge in [0.2, 0.25) is 11.8 Å². The summed E-state index contributed by atoms with van der Waals surface area (Å²) < 4.78 is 39.3. The summed E-state index contributed by atoms with van der Waals surface area (Å²) in [5, 5.41) is 18.2. The van der Waals surface area contributed by atoms with Crippen LogP contribution in [0.25, 0.3) is 21.6 Å². The Balaban J connectivity index is 1.41. The second kappa shape index (κ2) is 13.3. The molecule has 16 heteroatoms. The van der Waals surface area contributed by atoms with E-state index in [9.17, 15) is 15.2 Å². The molecule has 44 heavy (non-hydrogen) atoms. The van der Waals surface area contributed by atoms with E-state index < -0.39 is 37.8 Å². The van der Waals surface area contributed by atoms with Crippen LogP contribution in [0.1, 0.15) is 44.2 Å². The number of aromatic nitrogens is 4. The first-order valence-electron chi connectivity index (χ1n) is 14.0. The lowest BCUT2D eigenvalue weighted by Gasteiger charge is -2.28. The molecule has 0 radical (unpaired) electrons. The standard InChI is InChI=1S/C28H34N9O6P/c1-4-40-25-22-24(33-27(29)34-25)37(17-31-22)26-28(3,35-36-30)23(38)21(42-26)16-41-44(39,32-15-19-11-7-5-8-12-19)43-18(2)20-13-9-6-10-14-20/h5-14,17-18,21,23,26,38H,4,15-16H2,1-3H3,(H,32,39)(H2,29,33,34)/t18?,21-,23-,26-,28-,44?/m1/s1. The highest BCUT2D eigenvalue weighted by atomic mass is 31.2. The van der Waals surface area contributed by atoms with Crippen LogP contribution in [0.2, 0.25) is 0 Å². The summed E-state index contributed by atoms with van der Waals surface area (Å²) in [5.74, 6) is 0.106. The number of azide groups is 1. The van der Waals surface area contributed by atoms with Gasteiger partial charge in [0, 0.05) is 11.5 Å². The molecule has 6 atom stereocenters. The molecule has 0 amide bonds. The van der Waals surface area contributed by atoms with Gasteiger partial charge in [-0.15, -0.1) is 0 Å². The highest BCUT2D eigenvalue weighted by Crippen LogP contribution is 2.50. The van der Waals surface area contributed by atoms with Crippen molar-refractivity contribution in [3.8, 4) is 5.88 Å². The fourth-order valence-corrected chi connectivity index (χ4v) is 6.44. The number of nitrogens with two attached hydrogens (primary N) is 1. The van der Waals surface area contributed by atoms with Crippen molar-refractivity contribution in [3.63, 3.8) is 0 Å². The molecule has 1 fully saturated rings. The first-order chi connectivity index (χ1) is 21.2. The maximum absolute atomic E-state index is 14.1. The minimum absolute atomic E-state index is 0.0678. The normalized spacial score (nSPS) is 23.6. The van der Waals surface area contributed by atoms with E-state index in [0.29, 0.717) is 12.1 Å². The molecule has 2 aromatic heterocycles. The summed E-state index contributed by atoms with van der Waals surface area (Å²) in [6.45, 7) is 5.22. The maximum atomic E-state index is 14.1. The van der Waals surface area contributed by atoms with Gasteiger partial charge < -0.3 is 20.3 Å². The molecule has 0 aliphatic carbocycles. The van der Waals surface area contributed by atoms with Gasteiger partial charge in [-0.1, -0.05) is 65.8 Å². The van der Waals surface area contributed by atoms with Gasteiger partial charge in [-0.2, -0.15) is 9.97 Å². The van der Waals surface area contributed by atoms with Gasteiger partial charge in [0.15, 0.2) is 17.4 Å². The van der Waals surface area contributed by atoms with Crippen LogP contribution in [0.5, 0.6) is 5.88 Å². The number of rotatable bonds is 13. The number of anilines is 1. The number of nitrogen functional groups attached to an aromatic ring is 1. The van der Waals surface area contributed by atoms with Crippen LogP contribution in [0.15, 0.2) is 72.1 Å². The fraction of sp³-hybridized carbons (Fsp3) is 0.393. The van der Waals surface area contributed by atoms with Crippen molar-refractivity contribution in [2.45, 2.75) is 57.4 Å². The molecule has 3 heterocycles. The van der Waals surface area contributed by atoms with Crippen molar-refractivity contribution in [3.05, 3.63) is 88.6 Å². The number of fused-ring (bicyclic) bond motifs is 1. The average molecular weight is 624 g/mol. The monoisotopic (exact) mass is 623 g/mol. The van der Waals surface area contributed by atoms with E-state index >= 15 is 0 Å². The Labute approximate surface area is 253 Å². The van der Waals surface area contributed by atoms with E-state index in [1.165, 1.54) is 17.8 Å². The van der Waals surface area contributed by atoms with Crippen molar-refractivity contribution < 1.29 is 28.2 Å². The second-order valence-corrected chi connectivity index (χ2v) is 12.1. The summed E-state index contributed by atoms with van der Waals surface area (Å²) in [4.78, 5) is 15.7. The van der Waals surface area contributed by atoms with Gasteiger partial charge in [-0.25, -0.2) is 14.6 Å². The molecule has 2 aromatic carbocycles. The van der Waals surface area contributed by atoms with Gasteiger partial charge in [-0.05, 0) is 37.4 Å². The minimum atomic E-state index is -4.00. The first-order valence-corrected chi connectivity index (χ1v) is 15.5. The third-order valence-electron chi connectivity index (χ3n) is 7.25. The summed E-state index contributed by atoms with van der Waals surface area (Å²) in [6.07, 6.45) is -2.77. The molecule has 0 spiro atoms. The smallest absolute Gasteiger partial charge is 0.406 e. The number of ether oxygens (including phenoxy) is 2. The number of aliphatic hydroxyl groups is 1. The molecule has 0 saturated carbocycles. The number of aliphatic hydroxyl groups excluding tert-OH is 1. The highest BCUT2D eigenvalue weighted by molar-refractivity contribution is 7.51. The van der Waals surface area contributed by atoms with Gasteiger partial charge in [0.1, 0.15) is 11.6 Å².